The van der Waals surface area contributed by atoms with Crippen LogP contribution in [-0.2, 0) is 4.79 Å². The van der Waals surface area contributed by atoms with E-state index in [4.69, 9.17) is 0 Å². The van der Waals surface area contributed by atoms with Crippen molar-refractivity contribution in [3.63, 3.8) is 0 Å². The van der Waals surface area contributed by atoms with Crippen LogP contribution in [0, 0.1) is 5.92 Å². The van der Waals surface area contributed by atoms with E-state index in [0.717, 1.165) is 38.8 Å². The van der Waals surface area contributed by atoms with Crippen LogP contribution in [0.25, 0.3) is 0 Å². The van der Waals surface area contributed by atoms with Crippen LogP contribution in [-0.4, -0.2) is 36.0 Å². The second-order valence-electron chi connectivity index (χ2n) is 5.50. The predicted octanol–water partition coefficient (Wildman–Crippen LogP) is 2.41. The summed E-state index contributed by atoms with van der Waals surface area (Å²) >= 11 is 0. The highest BCUT2D eigenvalue weighted by molar-refractivity contribution is 5.82. The quantitative estimate of drug-likeness (QED) is 0.773. The molecule has 1 rings (SSSR count). The third-order valence-electron chi connectivity index (χ3n) is 3.59. The summed E-state index contributed by atoms with van der Waals surface area (Å²) in [6.07, 6.45) is 4.26. The summed E-state index contributed by atoms with van der Waals surface area (Å²) < 4.78 is 0. The van der Waals surface area contributed by atoms with Crippen LogP contribution in [0.3, 0.4) is 0 Å². The molecule has 0 aromatic heterocycles. The Balaban J connectivity index is 2.69. The molecule has 0 unspecified atom stereocenters. The van der Waals surface area contributed by atoms with E-state index in [-0.39, 0.29) is 6.04 Å². The zero-order chi connectivity index (χ0) is 12.8. The number of carbonyl (C=O) groups is 1. The molecule has 1 fully saturated rings. The lowest BCUT2D eigenvalue weighted by Gasteiger charge is -2.34. The van der Waals surface area contributed by atoms with Crippen LogP contribution in [0.1, 0.15) is 53.4 Å². The molecule has 17 heavy (non-hydrogen) atoms. The van der Waals surface area contributed by atoms with Crippen molar-refractivity contribution in [3.05, 3.63) is 0 Å². The molecule has 1 amide bonds. The van der Waals surface area contributed by atoms with Gasteiger partial charge in [-0.25, -0.2) is 0 Å². The van der Waals surface area contributed by atoms with E-state index >= 15 is 0 Å². The fourth-order valence-electron chi connectivity index (χ4n) is 2.64. The number of nitrogens with one attached hydrogen (secondary N) is 1. The first-order chi connectivity index (χ1) is 8.10. The molecule has 0 aliphatic carbocycles. The van der Waals surface area contributed by atoms with Gasteiger partial charge in [-0.3, -0.25) is 4.79 Å². The van der Waals surface area contributed by atoms with E-state index in [0.29, 0.717) is 17.9 Å². The maximum Gasteiger partial charge on any atom is 0.239 e. The molecule has 0 radical (unpaired) electrons. The van der Waals surface area contributed by atoms with Crippen molar-refractivity contribution >= 4 is 5.91 Å². The number of carbonyl (C=O) groups excluding carboxylic acids is 1. The van der Waals surface area contributed by atoms with Crippen molar-refractivity contribution in [1.29, 1.82) is 0 Å². The topological polar surface area (TPSA) is 32.3 Å². The Bertz CT molecular complexity index is 230. The molecule has 3 heteroatoms. The molecule has 0 aromatic carbocycles. The van der Waals surface area contributed by atoms with Crippen molar-refractivity contribution < 1.29 is 4.79 Å². The SMILES string of the molecule is CCC(CC)N(CC(C)C)C(=O)[C@H]1CCCN1. The molecule has 0 saturated carbocycles. The van der Waals surface area contributed by atoms with E-state index in [1.165, 1.54) is 0 Å². The summed E-state index contributed by atoms with van der Waals surface area (Å²) in [5.74, 6) is 0.867. The minimum Gasteiger partial charge on any atom is -0.338 e. The van der Waals surface area contributed by atoms with Gasteiger partial charge in [0.1, 0.15) is 0 Å². The summed E-state index contributed by atoms with van der Waals surface area (Å²) in [5, 5.41) is 3.32. The number of hydrogen-bond donors (Lipinski definition) is 1. The molecule has 1 aliphatic heterocycles. The average molecular weight is 240 g/mol. The molecular formula is C14H28N2O. The Morgan fingerprint density at radius 1 is 1.35 bits per heavy atom. The van der Waals surface area contributed by atoms with E-state index in [2.05, 4.69) is 37.9 Å². The number of rotatable bonds is 6. The lowest BCUT2D eigenvalue weighted by Crippen LogP contribution is -2.49. The number of amides is 1. The summed E-state index contributed by atoms with van der Waals surface area (Å²) in [6, 6.07) is 0.488. The van der Waals surface area contributed by atoms with Crippen LogP contribution in [0.5, 0.6) is 0 Å². The largest absolute Gasteiger partial charge is 0.338 e. The summed E-state index contributed by atoms with van der Waals surface area (Å²) in [6.45, 7) is 10.6. The first kappa shape index (κ1) is 14.5. The van der Waals surface area contributed by atoms with Gasteiger partial charge in [-0.05, 0) is 38.1 Å². The fraction of sp³-hybridized carbons (Fsp3) is 0.929. The van der Waals surface area contributed by atoms with E-state index in [1.807, 2.05) is 0 Å². The molecular weight excluding hydrogens is 212 g/mol. The van der Waals surface area contributed by atoms with Gasteiger partial charge in [0.25, 0.3) is 0 Å². The highest BCUT2D eigenvalue weighted by Crippen LogP contribution is 2.16. The second kappa shape index (κ2) is 7.00. The van der Waals surface area contributed by atoms with E-state index < -0.39 is 0 Å². The minimum absolute atomic E-state index is 0.0781. The van der Waals surface area contributed by atoms with Gasteiger partial charge in [0.05, 0.1) is 6.04 Å². The van der Waals surface area contributed by atoms with Gasteiger partial charge >= 0.3 is 0 Å². The zero-order valence-corrected chi connectivity index (χ0v) is 11.8. The molecule has 1 heterocycles. The van der Waals surface area contributed by atoms with Gasteiger partial charge in [-0.1, -0.05) is 27.7 Å². The summed E-state index contributed by atoms with van der Waals surface area (Å²) in [7, 11) is 0. The van der Waals surface area contributed by atoms with Gasteiger partial charge in [0.2, 0.25) is 5.91 Å². The Labute approximate surface area is 106 Å². The number of hydrogen-bond acceptors (Lipinski definition) is 2. The first-order valence-electron chi connectivity index (χ1n) is 7.13. The Morgan fingerprint density at radius 2 is 2.00 bits per heavy atom. The van der Waals surface area contributed by atoms with E-state index in [1.54, 1.807) is 0 Å². The standard InChI is InChI=1S/C14H28N2O/c1-5-12(6-2)16(10-11(3)4)14(17)13-8-7-9-15-13/h11-13,15H,5-10H2,1-4H3/t13-/m1/s1. The summed E-state index contributed by atoms with van der Waals surface area (Å²) in [5.41, 5.74) is 0. The average Bonchev–Trinajstić information content (AvgIpc) is 2.81. The van der Waals surface area contributed by atoms with Crippen molar-refractivity contribution in [2.24, 2.45) is 5.92 Å². The van der Waals surface area contributed by atoms with E-state index in [9.17, 15) is 4.79 Å². The third-order valence-corrected chi connectivity index (χ3v) is 3.59. The first-order valence-corrected chi connectivity index (χ1v) is 7.13. The van der Waals surface area contributed by atoms with Crippen LogP contribution in [0.4, 0.5) is 0 Å². The van der Waals surface area contributed by atoms with Gasteiger partial charge in [0, 0.05) is 12.6 Å². The maximum absolute atomic E-state index is 12.5. The normalized spacial score (nSPS) is 20.2. The second-order valence-corrected chi connectivity index (χ2v) is 5.50. The fourth-order valence-corrected chi connectivity index (χ4v) is 2.64. The van der Waals surface area contributed by atoms with Gasteiger partial charge in [-0.15, -0.1) is 0 Å². The van der Waals surface area contributed by atoms with Crippen molar-refractivity contribution in [1.82, 2.24) is 10.2 Å². The molecule has 1 aliphatic rings. The monoisotopic (exact) mass is 240 g/mol. The van der Waals surface area contributed by atoms with Crippen LogP contribution in [0.15, 0.2) is 0 Å². The molecule has 1 atom stereocenters. The lowest BCUT2D eigenvalue weighted by atomic mass is 10.1. The van der Waals surface area contributed by atoms with Crippen molar-refractivity contribution in [2.75, 3.05) is 13.1 Å². The van der Waals surface area contributed by atoms with Crippen molar-refractivity contribution in [2.45, 2.75) is 65.5 Å². The Kier molecular flexibility index (Phi) is 5.96. The Hall–Kier alpha value is -0.570. The lowest BCUT2D eigenvalue weighted by molar-refractivity contribution is -0.136. The molecule has 3 nitrogen and oxygen atoms in total. The zero-order valence-electron chi connectivity index (χ0n) is 11.8. The van der Waals surface area contributed by atoms with Crippen molar-refractivity contribution in [3.8, 4) is 0 Å². The smallest absolute Gasteiger partial charge is 0.239 e. The highest BCUT2D eigenvalue weighted by Gasteiger charge is 2.30. The molecule has 0 bridgehead atoms. The third kappa shape index (κ3) is 3.98. The molecule has 1 N–H and O–H groups in total. The summed E-state index contributed by atoms with van der Waals surface area (Å²) in [4.78, 5) is 14.6. The molecule has 1 saturated heterocycles. The van der Waals surface area contributed by atoms with Crippen LogP contribution < -0.4 is 5.32 Å². The van der Waals surface area contributed by atoms with Gasteiger partial charge in [-0.2, -0.15) is 0 Å². The van der Waals surface area contributed by atoms with Gasteiger partial charge < -0.3 is 10.2 Å². The minimum atomic E-state index is 0.0781. The highest BCUT2D eigenvalue weighted by atomic mass is 16.2. The maximum atomic E-state index is 12.5. The van der Waals surface area contributed by atoms with Gasteiger partial charge in [0.15, 0.2) is 0 Å². The Morgan fingerprint density at radius 3 is 2.41 bits per heavy atom. The molecule has 100 valence electrons. The van der Waals surface area contributed by atoms with Crippen LogP contribution >= 0.6 is 0 Å². The predicted molar refractivity (Wildman–Crippen MR) is 71.9 cm³/mol. The van der Waals surface area contributed by atoms with Crippen LogP contribution in [0.2, 0.25) is 0 Å². The molecule has 0 aromatic rings. The number of nitrogens with zero attached hydrogens (tertiary/aromatic N) is 1. The molecule has 0 spiro atoms.